The number of carbonyl (C=O) groups excluding carboxylic acids is 10. The highest BCUT2D eigenvalue weighted by atomic mass is 19.4. The lowest BCUT2D eigenvalue weighted by Crippen LogP contribution is -2.59. The third kappa shape index (κ3) is 42.0. The predicted molar refractivity (Wildman–Crippen MR) is 417 cm³/mol. The SMILES string of the molecule is C.C.C.C.C.C=CC(=O)OC(OCCC(F)(F)C(C)(F)F)(C(=O)OCC)C(F)(F)F.CCOC(=O)C(OCCC(F)(F)C(C)(F)F)(OC(=O)C1CCCCC1)C(F)(F)F.CCOC(=O)C(OCCC(F)(F)C(C)(F)F)(OC(=O)CC)C(F)(F)F.CCOC(=O)C(OCCC(F)(F)C(C)(F)F)(OC(=O)CC1CC2CCCC(C2)C1)C(F)(F)F.CCOC(=O)C(OCCC(F)(F)C(C)(F)F)(OC(C)=O)C(F)(F)F. The Morgan fingerprint density at radius 2 is 0.525 bits per heavy atom. The minimum absolute atomic E-state index is 0. The molecular formula is C81H119F35O25. The van der Waals surface area contributed by atoms with E-state index in [2.05, 4.69) is 77.6 Å². The summed E-state index contributed by atoms with van der Waals surface area (Å²) in [6.07, 6.45) is -31.1. The number of ether oxygens (including phenoxy) is 15. The second kappa shape index (κ2) is 57.6. The van der Waals surface area contributed by atoms with Gasteiger partial charge in [-0.3, -0.25) is 19.2 Å². The summed E-state index contributed by atoms with van der Waals surface area (Å²) in [6.45, 7) is -1.72. The van der Waals surface area contributed by atoms with Crippen LogP contribution in [0.4, 0.5) is 154 Å². The molecule has 3 aliphatic carbocycles. The molecule has 0 N–H and O–H groups in total. The van der Waals surface area contributed by atoms with Crippen LogP contribution in [0.15, 0.2) is 12.7 Å². The highest BCUT2D eigenvalue weighted by Gasteiger charge is 2.74. The second-order valence-corrected chi connectivity index (χ2v) is 29.8. The molecule has 838 valence electrons. The second-order valence-electron chi connectivity index (χ2n) is 29.8. The number of rotatable bonds is 45. The van der Waals surface area contributed by atoms with E-state index < -0.39 is 296 Å². The van der Waals surface area contributed by atoms with Gasteiger partial charge in [-0.1, -0.05) is 89.2 Å². The first-order valence-electron chi connectivity index (χ1n) is 40.1. The Hall–Kier alpha value is -8.21. The van der Waals surface area contributed by atoms with Gasteiger partial charge in [0.1, 0.15) is 0 Å². The first-order valence-corrected chi connectivity index (χ1v) is 40.1. The summed E-state index contributed by atoms with van der Waals surface area (Å²) in [5, 5.41) is 0. The van der Waals surface area contributed by atoms with E-state index in [1.807, 2.05) is 0 Å². The highest BCUT2D eigenvalue weighted by Crippen LogP contribution is 2.50. The van der Waals surface area contributed by atoms with Gasteiger partial charge in [0.05, 0.1) is 72.0 Å². The summed E-state index contributed by atoms with van der Waals surface area (Å²) >= 11 is 0. The number of halogens is 35. The first-order chi connectivity index (χ1) is 61.2. The van der Waals surface area contributed by atoms with Gasteiger partial charge in [-0.15, -0.1) is 0 Å². The number of carbonyl (C=O) groups is 10. The van der Waals surface area contributed by atoms with Crippen LogP contribution < -0.4 is 0 Å². The van der Waals surface area contributed by atoms with E-state index in [9.17, 15) is 202 Å². The zero-order chi connectivity index (χ0) is 107. The Bertz CT molecular complexity index is 3780. The van der Waals surface area contributed by atoms with Gasteiger partial charge in [0.15, 0.2) is 0 Å². The van der Waals surface area contributed by atoms with Crippen LogP contribution in [0, 0.1) is 23.7 Å². The van der Waals surface area contributed by atoms with Crippen molar-refractivity contribution < 1.29 is 273 Å². The molecule has 3 fully saturated rings. The Balaban J connectivity index is -0.000000317. The van der Waals surface area contributed by atoms with Gasteiger partial charge in [-0.05, 0) is 84.5 Å². The quantitative estimate of drug-likeness (QED) is 0.0180. The minimum Gasteiger partial charge on any atom is -0.461 e. The van der Waals surface area contributed by atoms with Crippen molar-refractivity contribution >= 4 is 59.7 Å². The van der Waals surface area contributed by atoms with Gasteiger partial charge in [-0.2, -0.15) is 110 Å². The molecule has 3 rings (SSSR count). The molecule has 0 aromatic carbocycles. The molecule has 0 heterocycles. The molecule has 0 aromatic rings. The third-order valence-electron chi connectivity index (χ3n) is 18.8. The molecule has 0 aliphatic heterocycles. The van der Waals surface area contributed by atoms with Crippen molar-refractivity contribution in [3.63, 3.8) is 0 Å². The molecule has 0 aromatic heterocycles. The van der Waals surface area contributed by atoms with E-state index >= 15 is 0 Å². The fourth-order valence-corrected chi connectivity index (χ4v) is 11.4. The summed E-state index contributed by atoms with van der Waals surface area (Å²) in [4.78, 5) is 117. The zero-order valence-electron chi connectivity index (χ0n) is 73.8. The number of alkyl halides is 35. The Morgan fingerprint density at radius 1 is 0.298 bits per heavy atom. The topological polar surface area (TPSA) is 309 Å². The van der Waals surface area contributed by atoms with E-state index in [4.69, 9.17) is 0 Å². The van der Waals surface area contributed by atoms with Gasteiger partial charge in [-0.25, -0.2) is 72.7 Å². The summed E-state index contributed by atoms with van der Waals surface area (Å²) in [6, 6.07) is 0. The van der Waals surface area contributed by atoms with Crippen molar-refractivity contribution in [2.24, 2.45) is 23.7 Å². The number of hydrogen-bond acceptors (Lipinski definition) is 25. The Labute approximate surface area is 787 Å². The largest absolute Gasteiger partial charge is 0.468 e. The minimum atomic E-state index is -5.75. The molecule has 60 heteroatoms. The fourth-order valence-electron chi connectivity index (χ4n) is 11.4. The van der Waals surface area contributed by atoms with Gasteiger partial charge in [0.25, 0.3) is 0 Å². The van der Waals surface area contributed by atoms with E-state index in [1.54, 1.807) is 0 Å². The molecular weight excluding hydrogens is 2040 g/mol. The van der Waals surface area contributed by atoms with E-state index in [0.717, 1.165) is 66.7 Å². The Morgan fingerprint density at radius 3 is 0.738 bits per heavy atom. The fraction of sp³-hybridized carbons (Fsp3) is 0.852. The van der Waals surface area contributed by atoms with Crippen LogP contribution in [0.1, 0.15) is 236 Å². The maximum absolute atomic E-state index is 13.9. The lowest BCUT2D eigenvalue weighted by Gasteiger charge is -2.39. The monoisotopic (exact) mass is 2160 g/mol. The lowest BCUT2D eigenvalue weighted by molar-refractivity contribution is -0.359. The molecule has 7 unspecified atom stereocenters. The van der Waals surface area contributed by atoms with Crippen molar-refractivity contribution in [1.82, 2.24) is 0 Å². The maximum Gasteiger partial charge on any atom is 0.468 e. The van der Waals surface area contributed by atoms with Crippen LogP contribution in [0.5, 0.6) is 0 Å². The molecule has 2 bridgehead atoms. The smallest absolute Gasteiger partial charge is 0.461 e. The normalized spacial score (nSPS) is 18.0. The van der Waals surface area contributed by atoms with Crippen LogP contribution in [0.2, 0.25) is 0 Å². The number of hydrogen-bond donors (Lipinski definition) is 0. The number of fused-ring (bicyclic) bond motifs is 2. The molecule has 0 spiro atoms. The van der Waals surface area contributed by atoms with Crippen molar-refractivity contribution in [2.75, 3.05) is 66.1 Å². The van der Waals surface area contributed by atoms with Gasteiger partial charge >= 0.3 is 179 Å². The summed E-state index contributed by atoms with van der Waals surface area (Å²) < 4.78 is 524. The van der Waals surface area contributed by atoms with Crippen LogP contribution in [0.25, 0.3) is 0 Å². The number of esters is 10. The average molecular weight is 2160 g/mol. The molecule has 7 atom stereocenters. The molecule has 25 nitrogen and oxygen atoms in total. The zero-order valence-corrected chi connectivity index (χ0v) is 73.8. The molecule has 141 heavy (non-hydrogen) atoms. The lowest BCUT2D eigenvalue weighted by atomic mass is 9.67. The average Bonchev–Trinajstić information content (AvgIpc) is 0.801. The molecule has 0 amide bonds. The van der Waals surface area contributed by atoms with Crippen LogP contribution in [-0.4, -0.2) is 245 Å². The first kappa shape index (κ1) is 146. The van der Waals surface area contributed by atoms with Crippen LogP contribution >= 0.6 is 0 Å². The van der Waals surface area contributed by atoms with E-state index in [0.29, 0.717) is 44.4 Å². The standard InChI is InChI=1S/C21H29F7O5.C17H23F7O5.C13H17F7O5.C13H15F7O5.C12H15F7O5.5CH4/c1-3-31-17(30)20(21(26,27)28,32-8-7-19(24,25)18(2,22)23)33-16(29)12-15-10-13-5-4-6-14(9-13)11-15;1-3-27-13(26)16(17(22,23)24,28-10-9-15(20,21)14(2,18)19)29-12(25)11-7-5-4-6-8-11;2*1-4-8(21)25-12(13(18,19)20,9(22)23-5-2)24-7-6-11(16,17)10(3,14)15;1-4-22-8(21)11(12(17,18)19,24-7(2)20)23-6-5-10(15,16)9(3,13)14;;;;;/h13-15H,3-12H2,1-2H3;11H,3-10H2,1-2H3;4-7H2,1-3H3;4H,1,5-7H2,2-3H3;4-6H2,1-3H3;5*1H4. The van der Waals surface area contributed by atoms with E-state index in [1.165, 1.54) is 6.92 Å². The maximum atomic E-state index is 13.9. The third-order valence-corrected chi connectivity index (χ3v) is 18.8. The van der Waals surface area contributed by atoms with Crippen molar-refractivity contribution in [2.45, 2.75) is 355 Å². The van der Waals surface area contributed by atoms with E-state index in [-0.39, 0.29) is 96.6 Å². The molecule has 0 saturated heterocycles. The van der Waals surface area contributed by atoms with Crippen molar-refractivity contribution in [3.8, 4) is 0 Å². The molecule has 0 radical (unpaired) electrons. The summed E-state index contributed by atoms with van der Waals surface area (Å²) in [5.74, 6) is -87.3. The Kier molecular flexibility index (Phi) is 59.6. The predicted octanol–water partition coefficient (Wildman–Crippen LogP) is 23.2. The van der Waals surface area contributed by atoms with Crippen LogP contribution in [0.3, 0.4) is 0 Å². The van der Waals surface area contributed by atoms with Gasteiger partial charge in [0, 0.05) is 92.6 Å². The molecule has 3 saturated carbocycles. The summed E-state index contributed by atoms with van der Waals surface area (Å²) in [5.41, 5.74) is 0. The van der Waals surface area contributed by atoms with Gasteiger partial charge in [0.2, 0.25) is 0 Å². The summed E-state index contributed by atoms with van der Waals surface area (Å²) in [7, 11) is 0. The molecule has 3 aliphatic rings. The van der Waals surface area contributed by atoms with Crippen molar-refractivity contribution in [3.05, 3.63) is 12.7 Å². The highest BCUT2D eigenvalue weighted by molar-refractivity contribution is 5.88. The van der Waals surface area contributed by atoms with Crippen LogP contribution in [-0.2, 0) is 119 Å². The van der Waals surface area contributed by atoms with Crippen molar-refractivity contribution in [1.29, 1.82) is 0 Å². The van der Waals surface area contributed by atoms with Gasteiger partial charge < -0.3 is 71.1 Å².